The van der Waals surface area contributed by atoms with Gasteiger partial charge in [-0.05, 0) is 18.1 Å². The standard InChI is InChI=1S/C22H24N4O3/c1-12(2)19-20(27)18(22-24-16-7-5-6-8-17(16)25-22)21(23)26(19)13-9-14(28-3)11-15(10-13)29-4/h5-12,19H,23H2,1-4H3,(H,24,25)/t19-/m1/s1. The third-order valence-corrected chi connectivity index (χ3v) is 5.18. The smallest absolute Gasteiger partial charge is 0.193 e. The number of Topliss-reactive ketones (excluding diaryl/α,β-unsaturated/α-hetero) is 1. The number of carbonyl (C=O) groups is 1. The van der Waals surface area contributed by atoms with Gasteiger partial charge in [0.2, 0.25) is 0 Å². The Hall–Kier alpha value is -3.48. The van der Waals surface area contributed by atoms with Gasteiger partial charge < -0.3 is 25.1 Å². The number of nitrogens with zero attached hydrogens (tertiary/aromatic N) is 2. The molecule has 1 aliphatic rings. The molecule has 2 heterocycles. The number of fused-ring (bicyclic) bond motifs is 1. The molecule has 1 aliphatic heterocycles. The maximum Gasteiger partial charge on any atom is 0.193 e. The van der Waals surface area contributed by atoms with Crippen LogP contribution in [-0.4, -0.2) is 36.0 Å². The number of aromatic amines is 1. The van der Waals surface area contributed by atoms with Crippen LogP contribution in [0.1, 0.15) is 19.7 Å². The first-order valence-electron chi connectivity index (χ1n) is 9.46. The maximum absolute atomic E-state index is 13.4. The van der Waals surface area contributed by atoms with E-state index < -0.39 is 6.04 Å². The molecular formula is C22H24N4O3. The molecular weight excluding hydrogens is 368 g/mol. The normalized spacial score (nSPS) is 16.9. The van der Waals surface area contributed by atoms with Crippen LogP contribution in [-0.2, 0) is 4.79 Å². The van der Waals surface area contributed by atoms with Crippen LogP contribution in [0, 0.1) is 5.92 Å². The summed E-state index contributed by atoms with van der Waals surface area (Å²) >= 11 is 0. The van der Waals surface area contributed by atoms with E-state index in [1.807, 2.05) is 55.1 Å². The van der Waals surface area contributed by atoms with E-state index in [1.165, 1.54) is 0 Å². The third-order valence-electron chi connectivity index (χ3n) is 5.18. The van der Waals surface area contributed by atoms with Crippen molar-refractivity contribution in [3.63, 3.8) is 0 Å². The van der Waals surface area contributed by atoms with Gasteiger partial charge in [0.05, 0.1) is 30.9 Å². The Balaban J connectivity index is 1.89. The first-order chi connectivity index (χ1) is 13.9. The van der Waals surface area contributed by atoms with Crippen molar-refractivity contribution in [1.82, 2.24) is 9.97 Å². The van der Waals surface area contributed by atoms with Crippen LogP contribution in [0.25, 0.3) is 16.6 Å². The number of carbonyl (C=O) groups excluding carboxylic acids is 1. The van der Waals surface area contributed by atoms with Crippen molar-refractivity contribution in [2.24, 2.45) is 11.7 Å². The van der Waals surface area contributed by atoms with Gasteiger partial charge in [-0.1, -0.05) is 26.0 Å². The van der Waals surface area contributed by atoms with E-state index in [-0.39, 0.29) is 11.7 Å². The summed E-state index contributed by atoms with van der Waals surface area (Å²) in [6.45, 7) is 4.00. The molecule has 1 aromatic heterocycles. The van der Waals surface area contributed by atoms with Gasteiger partial charge in [-0.3, -0.25) is 4.79 Å². The van der Waals surface area contributed by atoms with Crippen molar-refractivity contribution >= 4 is 28.1 Å². The predicted molar refractivity (Wildman–Crippen MR) is 113 cm³/mol. The van der Waals surface area contributed by atoms with Crippen LogP contribution in [0.15, 0.2) is 48.3 Å². The minimum atomic E-state index is -0.449. The van der Waals surface area contributed by atoms with Crippen LogP contribution in [0.2, 0.25) is 0 Å². The van der Waals surface area contributed by atoms with E-state index in [0.717, 1.165) is 16.7 Å². The zero-order valence-corrected chi connectivity index (χ0v) is 16.9. The van der Waals surface area contributed by atoms with Crippen LogP contribution >= 0.6 is 0 Å². The summed E-state index contributed by atoms with van der Waals surface area (Å²) in [5.74, 6) is 2.07. The SMILES string of the molecule is COc1cc(OC)cc(N2C(N)=C(c3nc4ccccc4[nH]3)C(=O)[C@H]2C(C)C)c1. The minimum absolute atomic E-state index is 0.0279. The van der Waals surface area contributed by atoms with Gasteiger partial charge in [0.15, 0.2) is 5.78 Å². The molecule has 0 saturated heterocycles. The molecule has 4 rings (SSSR count). The number of nitrogens with two attached hydrogens (primary N) is 1. The average Bonchev–Trinajstić information content (AvgIpc) is 3.25. The zero-order chi connectivity index (χ0) is 20.7. The number of para-hydroxylation sites is 2. The zero-order valence-electron chi connectivity index (χ0n) is 16.9. The Bertz CT molecular complexity index is 1060. The molecule has 150 valence electrons. The topological polar surface area (TPSA) is 93.5 Å². The molecule has 0 bridgehead atoms. The summed E-state index contributed by atoms with van der Waals surface area (Å²) in [4.78, 5) is 23.1. The molecule has 0 radical (unpaired) electrons. The summed E-state index contributed by atoms with van der Waals surface area (Å²) < 4.78 is 10.8. The van der Waals surface area contributed by atoms with Crippen molar-refractivity contribution in [3.05, 3.63) is 54.1 Å². The molecule has 7 heteroatoms. The van der Waals surface area contributed by atoms with Crippen molar-refractivity contribution < 1.29 is 14.3 Å². The Morgan fingerprint density at radius 3 is 2.34 bits per heavy atom. The number of methoxy groups -OCH3 is 2. The Morgan fingerprint density at radius 1 is 1.10 bits per heavy atom. The molecule has 29 heavy (non-hydrogen) atoms. The van der Waals surface area contributed by atoms with E-state index in [4.69, 9.17) is 15.2 Å². The number of imidazole rings is 1. The van der Waals surface area contributed by atoms with E-state index in [9.17, 15) is 4.79 Å². The maximum atomic E-state index is 13.4. The minimum Gasteiger partial charge on any atom is -0.497 e. The van der Waals surface area contributed by atoms with Crippen molar-refractivity contribution in [1.29, 1.82) is 0 Å². The lowest BCUT2D eigenvalue weighted by atomic mass is 9.97. The number of hydrogen-bond donors (Lipinski definition) is 2. The van der Waals surface area contributed by atoms with Gasteiger partial charge in [0.1, 0.15) is 34.8 Å². The number of ketones is 1. The molecule has 0 fully saturated rings. The summed E-state index contributed by atoms with van der Waals surface area (Å²) in [7, 11) is 3.18. The largest absolute Gasteiger partial charge is 0.497 e. The Morgan fingerprint density at radius 2 is 1.76 bits per heavy atom. The van der Waals surface area contributed by atoms with E-state index >= 15 is 0 Å². The Labute approximate surface area is 169 Å². The lowest BCUT2D eigenvalue weighted by Gasteiger charge is -2.30. The lowest BCUT2D eigenvalue weighted by molar-refractivity contribution is -0.115. The number of aromatic nitrogens is 2. The summed E-state index contributed by atoms with van der Waals surface area (Å²) in [5.41, 5.74) is 9.34. The molecule has 1 atom stereocenters. The van der Waals surface area contributed by atoms with Gasteiger partial charge >= 0.3 is 0 Å². The van der Waals surface area contributed by atoms with Gasteiger partial charge in [-0.2, -0.15) is 0 Å². The second kappa shape index (κ2) is 7.16. The highest BCUT2D eigenvalue weighted by Gasteiger charge is 2.43. The fourth-order valence-corrected chi connectivity index (χ4v) is 3.80. The molecule has 3 aromatic rings. The highest BCUT2D eigenvalue weighted by Crippen LogP contribution is 2.39. The molecule has 0 saturated carbocycles. The molecule has 2 aromatic carbocycles. The lowest BCUT2D eigenvalue weighted by Crippen LogP contribution is -2.40. The van der Waals surface area contributed by atoms with Gasteiger partial charge in [0.25, 0.3) is 0 Å². The molecule has 0 spiro atoms. The van der Waals surface area contributed by atoms with Gasteiger partial charge in [-0.15, -0.1) is 0 Å². The number of benzene rings is 2. The number of nitrogens with one attached hydrogen (secondary N) is 1. The Kier molecular flexibility index (Phi) is 4.66. The molecule has 0 amide bonds. The second-order valence-corrected chi connectivity index (χ2v) is 7.36. The van der Waals surface area contributed by atoms with Crippen LogP contribution in [0.4, 0.5) is 5.69 Å². The van der Waals surface area contributed by atoms with Crippen LogP contribution in [0.5, 0.6) is 11.5 Å². The highest BCUT2D eigenvalue weighted by atomic mass is 16.5. The fourth-order valence-electron chi connectivity index (χ4n) is 3.80. The number of H-pyrrole nitrogens is 1. The van der Waals surface area contributed by atoms with Crippen molar-refractivity contribution in [3.8, 4) is 11.5 Å². The third kappa shape index (κ3) is 3.08. The second-order valence-electron chi connectivity index (χ2n) is 7.36. The van der Waals surface area contributed by atoms with Gasteiger partial charge in [-0.25, -0.2) is 4.98 Å². The van der Waals surface area contributed by atoms with E-state index in [0.29, 0.717) is 28.7 Å². The molecule has 0 unspecified atom stereocenters. The summed E-state index contributed by atoms with van der Waals surface area (Å²) in [6, 6.07) is 12.7. The number of hydrogen-bond acceptors (Lipinski definition) is 6. The molecule has 0 aliphatic carbocycles. The first-order valence-corrected chi connectivity index (χ1v) is 9.46. The fraction of sp³-hybridized carbons (Fsp3) is 0.273. The summed E-state index contributed by atoms with van der Waals surface area (Å²) in [6.07, 6.45) is 0. The van der Waals surface area contributed by atoms with Crippen molar-refractivity contribution in [2.75, 3.05) is 19.1 Å². The van der Waals surface area contributed by atoms with E-state index in [1.54, 1.807) is 20.3 Å². The highest BCUT2D eigenvalue weighted by molar-refractivity contribution is 6.28. The predicted octanol–water partition coefficient (Wildman–Crippen LogP) is 3.32. The molecule has 7 nitrogen and oxygen atoms in total. The number of rotatable bonds is 5. The summed E-state index contributed by atoms with van der Waals surface area (Å²) in [5, 5.41) is 0. The van der Waals surface area contributed by atoms with Crippen LogP contribution < -0.4 is 20.1 Å². The van der Waals surface area contributed by atoms with Crippen LogP contribution in [0.3, 0.4) is 0 Å². The van der Waals surface area contributed by atoms with Crippen molar-refractivity contribution in [2.45, 2.75) is 19.9 Å². The number of ether oxygens (including phenoxy) is 2. The first kappa shape index (κ1) is 18.9. The quantitative estimate of drug-likeness (QED) is 0.692. The number of anilines is 1. The van der Waals surface area contributed by atoms with E-state index in [2.05, 4.69) is 9.97 Å². The average molecular weight is 392 g/mol. The van der Waals surface area contributed by atoms with Gasteiger partial charge in [0, 0.05) is 18.2 Å². The molecule has 3 N–H and O–H groups in total. The monoisotopic (exact) mass is 392 g/mol.